The van der Waals surface area contributed by atoms with E-state index in [-0.39, 0.29) is 12.5 Å². The monoisotopic (exact) mass is 275 g/mol. The third kappa shape index (κ3) is 8.42. The molecule has 0 bridgehead atoms. The summed E-state index contributed by atoms with van der Waals surface area (Å²) in [7, 11) is 1.51. The van der Waals surface area contributed by atoms with E-state index in [0.29, 0.717) is 6.42 Å². The van der Waals surface area contributed by atoms with Crippen molar-refractivity contribution in [3.8, 4) is 0 Å². The van der Waals surface area contributed by atoms with Crippen molar-refractivity contribution in [1.29, 1.82) is 0 Å². The van der Waals surface area contributed by atoms with Crippen molar-refractivity contribution in [3.05, 3.63) is 0 Å². The first-order valence-corrected chi connectivity index (χ1v) is 6.43. The number of carboxylic acid groups (broad SMARTS) is 1. The molecule has 0 aromatic rings. The summed E-state index contributed by atoms with van der Waals surface area (Å²) < 4.78 is 10.4. The summed E-state index contributed by atoms with van der Waals surface area (Å²) in [5, 5.41) is 11.5. The summed E-state index contributed by atoms with van der Waals surface area (Å²) in [4.78, 5) is 22.5. The Morgan fingerprint density at radius 3 is 2.26 bits per heavy atom. The van der Waals surface area contributed by atoms with Gasteiger partial charge in [0.1, 0.15) is 5.60 Å². The van der Waals surface area contributed by atoms with Crippen LogP contribution in [0.4, 0.5) is 4.79 Å². The lowest BCUT2D eigenvalue weighted by atomic mass is 10.0. The first-order valence-electron chi connectivity index (χ1n) is 6.43. The van der Waals surface area contributed by atoms with Crippen LogP contribution in [0.5, 0.6) is 0 Å². The van der Waals surface area contributed by atoms with Crippen LogP contribution in [0.1, 0.15) is 47.0 Å². The molecular weight excluding hydrogens is 250 g/mol. The van der Waals surface area contributed by atoms with Gasteiger partial charge in [0.25, 0.3) is 0 Å². The van der Waals surface area contributed by atoms with E-state index in [1.54, 1.807) is 20.8 Å². The number of aliphatic carboxylic acids is 1. The van der Waals surface area contributed by atoms with Crippen LogP contribution in [0.2, 0.25) is 0 Å². The van der Waals surface area contributed by atoms with E-state index in [2.05, 4.69) is 5.32 Å². The van der Waals surface area contributed by atoms with Gasteiger partial charge in [-0.3, -0.25) is 4.79 Å². The summed E-state index contributed by atoms with van der Waals surface area (Å²) in [5.74, 6) is -0.987. The number of alkyl carbamates (subject to hydrolysis) is 1. The summed E-state index contributed by atoms with van der Waals surface area (Å²) in [6.45, 7) is 7.22. The van der Waals surface area contributed by atoms with Crippen LogP contribution in [-0.4, -0.2) is 42.0 Å². The maximum absolute atomic E-state index is 11.7. The fraction of sp³-hybridized carbons (Fsp3) is 0.846. The molecule has 0 radical (unpaired) electrons. The Hall–Kier alpha value is -1.30. The highest BCUT2D eigenvalue weighted by molar-refractivity contribution is 5.71. The molecular formula is C13H25NO5. The highest BCUT2D eigenvalue weighted by Crippen LogP contribution is 2.12. The fourth-order valence-electron chi connectivity index (χ4n) is 1.69. The van der Waals surface area contributed by atoms with E-state index in [9.17, 15) is 9.59 Å². The molecule has 0 rings (SSSR count). The maximum Gasteiger partial charge on any atom is 0.407 e. The Bertz CT molecular complexity index is 298. The summed E-state index contributed by atoms with van der Waals surface area (Å²) in [6, 6.07) is -0.600. The first kappa shape index (κ1) is 17.7. The Morgan fingerprint density at radius 1 is 1.32 bits per heavy atom. The molecule has 2 unspecified atom stereocenters. The molecule has 0 aromatic heterocycles. The molecule has 19 heavy (non-hydrogen) atoms. The summed E-state index contributed by atoms with van der Waals surface area (Å²) >= 11 is 0. The third-order valence-electron chi connectivity index (χ3n) is 2.42. The van der Waals surface area contributed by atoms with Gasteiger partial charge in [-0.1, -0.05) is 13.3 Å². The predicted molar refractivity (Wildman–Crippen MR) is 71.1 cm³/mol. The summed E-state index contributed by atoms with van der Waals surface area (Å²) in [5.41, 5.74) is -0.620. The van der Waals surface area contributed by atoms with E-state index in [1.807, 2.05) is 6.92 Å². The van der Waals surface area contributed by atoms with Crippen molar-refractivity contribution in [2.75, 3.05) is 7.11 Å². The zero-order chi connectivity index (χ0) is 15.1. The molecule has 0 fully saturated rings. The quantitative estimate of drug-likeness (QED) is 0.743. The van der Waals surface area contributed by atoms with Crippen molar-refractivity contribution in [2.24, 2.45) is 0 Å². The van der Waals surface area contributed by atoms with Crippen molar-refractivity contribution in [3.63, 3.8) is 0 Å². The van der Waals surface area contributed by atoms with E-state index >= 15 is 0 Å². The largest absolute Gasteiger partial charge is 0.481 e. The van der Waals surface area contributed by atoms with E-state index in [1.165, 1.54) is 7.11 Å². The van der Waals surface area contributed by atoms with Gasteiger partial charge in [-0.05, 0) is 27.2 Å². The minimum atomic E-state index is -0.987. The standard InChI is InChI=1S/C13H25NO5/c1-6-7-10(18-5)9(8-11(15)16)14-12(17)19-13(2,3)4/h9-10H,6-8H2,1-5H3,(H,14,17)(H,15,16). The van der Waals surface area contributed by atoms with Gasteiger partial charge in [-0.2, -0.15) is 0 Å². The molecule has 112 valence electrons. The van der Waals surface area contributed by atoms with Crippen LogP contribution in [-0.2, 0) is 14.3 Å². The molecule has 0 spiro atoms. The van der Waals surface area contributed by atoms with Crippen molar-refractivity contribution < 1.29 is 24.2 Å². The number of carbonyl (C=O) groups excluding carboxylic acids is 1. The molecule has 0 aliphatic rings. The second-order valence-corrected chi connectivity index (χ2v) is 5.41. The van der Waals surface area contributed by atoms with Crippen LogP contribution in [0.25, 0.3) is 0 Å². The Morgan fingerprint density at radius 2 is 1.89 bits per heavy atom. The Kier molecular flexibility index (Phi) is 7.44. The third-order valence-corrected chi connectivity index (χ3v) is 2.42. The second kappa shape index (κ2) is 7.99. The Balaban J connectivity index is 4.66. The van der Waals surface area contributed by atoms with Gasteiger partial charge >= 0.3 is 12.1 Å². The van der Waals surface area contributed by atoms with Crippen LogP contribution < -0.4 is 5.32 Å². The topological polar surface area (TPSA) is 84.9 Å². The molecule has 2 N–H and O–H groups in total. The second-order valence-electron chi connectivity index (χ2n) is 5.41. The fourth-order valence-corrected chi connectivity index (χ4v) is 1.69. The van der Waals surface area contributed by atoms with Gasteiger partial charge in [0.2, 0.25) is 0 Å². The normalized spacial score (nSPS) is 14.6. The number of hydrogen-bond acceptors (Lipinski definition) is 4. The molecule has 0 heterocycles. The molecule has 0 aromatic carbocycles. The van der Waals surface area contributed by atoms with Gasteiger partial charge < -0.3 is 19.9 Å². The van der Waals surface area contributed by atoms with Crippen molar-refractivity contribution >= 4 is 12.1 Å². The smallest absolute Gasteiger partial charge is 0.407 e. The van der Waals surface area contributed by atoms with E-state index in [4.69, 9.17) is 14.6 Å². The van der Waals surface area contributed by atoms with Gasteiger partial charge in [-0.25, -0.2) is 4.79 Å². The van der Waals surface area contributed by atoms with Gasteiger partial charge in [-0.15, -0.1) is 0 Å². The molecule has 1 amide bonds. The van der Waals surface area contributed by atoms with Gasteiger partial charge in [0, 0.05) is 7.11 Å². The van der Waals surface area contributed by atoms with Crippen LogP contribution in [0, 0.1) is 0 Å². The zero-order valence-corrected chi connectivity index (χ0v) is 12.4. The highest BCUT2D eigenvalue weighted by atomic mass is 16.6. The lowest BCUT2D eigenvalue weighted by molar-refractivity contribution is -0.138. The lowest BCUT2D eigenvalue weighted by Gasteiger charge is -2.27. The number of rotatable bonds is 7. The minimum Gasteiger partial charge on any atom is -0.481 e. The lowest BCUT2D eigenvalue weighted by Crippen LogP contribution is -2.47. The van der Waals surface area contributed by atoms with Gasteiger partial charge in [0.05, 0.1) is 18.6 Å². The first-order chi connectivity index (χ1) is 8.69. The van der Waals surface area contributed by atoms with Crippen LogP contribution in [0.3, 0.4) is 0 Å². The number of carbonyl (C=O) groups is 2. The number of carboxylic acids is 1. The molecule has 6 heteroatoms. The average Bonchev–Trinajstić information content (AvgIpc) is 2.21. The molecule has 0 saturated carbocycles. The van der Waals surface area contributed by atoms with Crippen molar-refractivity contribution in [1.82, 2.24) is 5.32 Å². The molecule has 0 saturated heterocycles. The van der Waals surface area contributed by atoms with Crippen LogP contribution >= 0.6 is 0 Å². The molecule has 0 aliphatic carbocycles. The highest BCUT2D eigenvalue weighted by Gasteiger charge is 2.27. The van der Waals surface area contributed by atoms with Crippen molar-refractivity contribution in [2.45, 2.75) is 64.7 Å². The van der Waals surface area contributed by atoms with Crippen LogP contribution in [0.15, 0.2) is 0 Å². The molecule has 6 nitrogen and oxygen atoms in total. The predicted octanol–water partition coefficient (Wildman–Crippen LogP) is 2.17. The number of hydrogen-bond donors (Lipinski definition) is 2. The van der Waals surface area contributed by atoms with Gasteiger partial charge in [0.15, 0.2) is 0 Å². The number of ether oxygens (including phenoxy) is 2. The Labute approximate surface area is 114 Å². The van der Waals surface area contributed by atoms with E-state index < -0.39 is 23.7 Å². The maximum atomic E-state index is 11.7. The number of methoxy groups -OCH3 is 1. The number of nitrogens with one attached hydrogen (secondary N) is 1. The SMILES string of the molecule is CCCC(OC)C(CC(=O)O)NC(=O)OC(C)(C)C. The number of amides is 1. The minimum absolute atomic E-state index is 0.197. The zero-order valence-electron chi connectivity index (χ0n) is 12.4. The van der Waals surface area contributed by atoms with E-state index in [0.717, 1.165) is 6.42 Å². The summed E-state index contributed by atoms with van der Waals surface area (Å²) in [6.07, 6.45) is 0.345. The molecule has 2 atom stereocenters. The molecule has 0 aliphatic heterocycles. The average molecular weight is 275 g/mol.